The molecule has 1 rings (SSSR count). The summed E-state index contributed by atoms with van der Waals surface area (Å²) in [5.41, 5.74) is 5.85. The Hall–Kier alpha value is -1.35. The van der Waals surface area contributed by atoms with Crippen LogP contribution in [0.5, 0.6) is 0 Å². The van der Waals surface area contributed by atoms with Crippen LogP contribution in [-0.4, -0.2) is 31.7 Å². The summed E-state index contributed by atoms with van der Waals surface area (Å²) in [7, 11) is -3.85. The number of aromatic nitrogens is 1. The maximum Gasteiger partial charge on any atom is 0.323 e. The normalized spacial score (nSPS) is 11.0. The summed E-state index contributed by atoms with van der Waals surface area (Å²) in [4.78, 5) is 14.9. The number of hydrogen-bond donors (Lipinski definition) is 2. The highest BCUT2D eigenvalue weighted by Gasteiger charge is 2.19. The van der Waals surface area contributed by atoms with Crippen LogP contribution in [0.25, 0.3) is 0 Å². The van der Waals surface area contributed by atoms with Crippen LogP contribution in [0.2, 0.25) is 0 Å². The van der Waals surface area contributed by atoms with Gasteiger partial charge in [0.1, 0.15) is 0 Å². The van der Waals surface area contributed by atoms with E-state index in [-0.39, 0.29) is 12.4 Å². The third kappa shape index (κ3) is 4.49. The molecule has 1 aromatic rings. The van der Waals surface area contributed by atoms with Gasteiger partial charge >= 0.3 is 5.97 Å². The molecule has 0 spiro atoms. The fourth-order valence-corrected chi connectivity index (χ4v) is 2.59. The number of rotatable bonds is 5. The van der Waals surface area contributed by atoms with Crippen molar-refractivity contribution < 1.29 is 17.9 Å². The van der Waals surface area contributed by atoms with E-state index < -0.39 is 21.7 Å². The summed E-state index contributed by atoms with van der Waals surface area (Å²) in [6.07, 6.45) is 1.30. The third-order valence-corrected chi connectivity index (χ3v) is 3.45. The Kier molecular flexibility index (Phi) is 4.91. The minimum absolute atomic E-state index is 0.0634. The van der Waals surface area contributed by atoms with E-state index in [0.717, 1.165) is 0 Å². The van der Waals surface area contributed by atoms with E-state index in [0.29, 0.717) is 10.2 Å². The van der Waals surface area contributed by atoms with E-state index in [1.54, 1.807) is 6.92 Å². The summed E-state index contributed by atoms with van der Waals surface area (Å²) < 4.78 is 30.3. The minimum Gasteiger partial charge on any atom is -0.465 e. The molecule has 1 heterocycles. The summed E-state index contributed by atoms with van der Waals surface area (Å²) in [5.74, 6) is -1.52. The number of carbonyl (C=O) groups excluding carboxylic acids is 1. The number of pyridine rings is 1. The molecule has 0 saturated carbocycles. The van der Waals surface area contributed by atoms with E-state index in [9.17, 15) is 13.2 Å². The number of nitrogen functional groups attached to an aromatic ring is 1. The van der Waals surface area contributed by atoms with Crippen LogP contribution in [-0.2, 0) is 19.6 Å². The van der Waals surface area contributed by atoms with Crippen molar-refractivity contribution in [2.75, 3.05) is 22.8 Å². The zero-order valence-electron chi connectivity index (χ0n) is 9.51. The average Bonchev–Trinajstić information content (AvgIpc) is 2.21. The van der Waals surface area contributed by atoms with Crippen molar-refractivity contribution in [1.29, 1.82) is 0 Å². The second-order valence-electron chi connectivity index (χ2n) is 3.27. The summed E-state index contributed by atoms with van der Waals surface area (Å²) in [6, 6.07) is 1.50. The number of halogens is 1. The van der Waals surface area contributed by atoms with Crippen molar-refractivity contribution in [2.24, 2.45) is 0 Å². The molecule has 0 fully saturated rings. The Morgan fingerprint density at radius 2 is 2.28 bits per heavy atom. The number of carbonyl (C=O) groups is 1. The first-order chi connectivity index (χ1) is 8.34. The second kappa shape index (κ2) is 6.01. The number of anilines is 2. The van der Waals surface area contributed by atoms with Gasteiger partial charge in [0.2, 0.25) is 10.0 Å². The monoisotopic (exact) mass is 337 g/mol. The SMILES string of the molecule is CCOC(=O)CS(=O)(=O)Nc1ncc(N)cc1Br. The Labute approximate surface area is 113 Å². The summed E-state index contributed by atoms with van der Waals surface area (Å²) in [5, 5.41) is 0. The first kappa shape index (κ1) is 14.7. The Bertz CT molecular complexity index is 547. The Morgan fingerprint density at radius 1 is 1.61 bits per heavy atom. The first-order valence-electron chi connectivity index (χ1n) is 4.91. The minimum atomic E-state index is -3.85. The molecular formula is C9H12BrN3O4S. The number of nitrogens with zero attached hydrogens (tertiary/aromatic N) is 1. The molecule has 0 amide bonds. The van der Waals surface area contributed by atoms with E-state index in [4.69, 9.17) is 5.73 Å². The molecule has 0 radical (unpaired) electrons. The molecule has 3 N–H and O–H groups in total. The fourth-order valence-electron chi connectivity index (χ4n) is 1.07. The lowest BCUT2D eigenvalue weighted by molar-refractivity contribution is -0.139. The number of sulfonamides is 1. The standard InChI is InChI=1S/C9H12BrN3O4S/c1-2-17-8(14)5-18(15,16)13-9-7(10)3-6(11)4-12-9/h3-4H,2,5,11H2,1H3,(H,12,13). The van der Waals surface area contributed by atoms with Crippen molar-refractivity contribution in [3.8, 4) is 0 Å². The molecule has 0 aliphatic rings. The second-order valence-corrected chi connectivity index (χ2v) is 5.84. The van der Waals surface area contributed by atoms with Gasteiger partial charge in [-0.1, -0.05) is 0 Å². The summed E-state index contributed by atoms with van der Waals surface area (Å²) in [6.45, 7) is 1.72. The Morgan fingerprint density at radius 3 is 2.83 bits per heavy atom. The number of hydrogen-bond acceptors (Lipinski definition) is 6. The van der Waals surface area contributed by atoms with Gasteiger partial charge in [-0.25, -0.2) is 13.4 Å². The van der Waals surface area contributed by atoms with Crippen LogP contribution in [0.15, 0.2) is 16.7 Å². The van der Waals surface area contributed by atoms with E-state index in [1.165, 1.54) is 12.3 Å². The van der Waals surface area contributed by atoms with E-state index in [2.05, 4.69) is 30.4 Å². The zero-order valence-corrected chi connectivity index (χ0v) is 11.9. The molecular weight excluding hydrogens is 326 g/mol. The van der Waals surface area contributed by atoms with Crippen LogP contribution in [0.1, 0.15) is 6.92 Å². The highest BCUT2D eigenvalue weighted by Crippen LogP contribution is 2.22. The van der Waals surface area contributed by atoms with Crippen molar-refractivity contribution >= 4 is 43.4 Å². The van der Waals surface area contributed by atoms with Crippen LogP contribution < -0.4 is 10.5 Å². The van der Waals surface area contributed by atoms with Crippen molar-refractivity contribution in [3.63, 3.8) is 0 Å². The number of nitrogens with one attached hydrogen (secondary N) is 1. The first-order valence-corrected chi connectivity index (χ1v) is 7.35. The third-order valence-electron chi connectivity index (χ3n) is 1.73. The van der Waals surface area contributed by atoms with Crippen molar-refractivity contribution in [2.45, 2.75) is 6.92 Å². The zero-order chi connectivity index (χ0) is 13.8. The lowest BCUT2D eigenvalue weighted by atomic mass is 10.4. The molecule has 100 valence electrons. The van der Waals surface area contributed by atoms with E-state index >= 15 is 0 Å². The highest BCUT2D eigenvalue weighted by atomic mass is 79.9. The van der Waals surface area contributed by atoms with Gasteiger partial charge < -0.3 is 10.5 Å². The maximum absolute atomic E-state index is 11.6. The molecule has 0 aromatic carbocycles. The molecule has 0 aliphatic carbocycles. The molecule has 9 heteroatoms. The van der Waals surface area contributed by atoms with Gasteiger partial charge in [-0.15, -0.1) is 0 Å². The summed E-state index contributed by atoms with van der Waals surface area (Å²) >= 11 is 3.11. The maximum atomic E-state index is 11.6. The average molecular weight is 338 g/mol. The van der Waals surface area contributed by atoms with Gasteiger partial charge in [0.15, 0.2) is 11.6 Å². The highest BCUT2D eigenvalue weighted by molar-refractivity contribution is 9.10. The van der Waals surface area contributed by atoms with Gasteiger partial charge in [0.25, 0.3) is 0 Å². The Balaban J connectivity index is 2.79. The van der Waals surface area contributed by atoms with Gasteiger partial charge in [0, 0.05) is 0 Å². The van der Waals surface area contributed by atoms with Crippen molar-refractivity contribution in [3.05, 3.63) is 16.7 Å². The van der Waals surface area contributed by atoms with Crippen LogP contribution in [0, 0.1) is 0 Å². The smallest absolute Gasteiger partial charge is 0.323 e. The molecule has 0 saturated heterocycles. The molecule has 0 bridgehead atoms. The van der Waals surface area contributed by atoms with Crippen molar-refractivity contribution in [1.82, 2.24) is 4.98 Å². The largest absolute Gasteiger partial charge is 0.465 e. The van der Waals surface area contributed by atoms with Gasteiger partial charge in [0.05, 0.1) is 23.0 Å². The quantitative estimate of drug-likeness (QED) is 0.766. The molecule has 0 atom stereocenters. The molecule has 7 nitrogen and oxygen atoms in total. The molecule has 0 unspecified atom stereocenters. The van der Waals surface area contributed by atoms with Gasteiger partial charge in [-0.2, -0.15) is 0 Å². The lowest BCUT2D eigenvalue weighted by Gasteiger charge is -2.08. The van der Waals surface area contributed by atoms with Crippen LogP contribution >= 0.6 is 15.9 Å². The number of esters is 1. The number of ether oxygens (including phenoxy) is 1. The lowest BCUT2D eigenvalue weighted by Crippen LogP contribution is -2.25. The van der Waals surface area contributed by atoms with Crippen LogP contribution in [0.4, 0.5) is 11.5 Å². The molecule has 18 heavy (non-hydrogen) atoms. The van der Waals surface area contributed by atoms with Gasteiger partial charge in [-0.05, 0) is 28.9 Å². The molecule has 0 aliphatic heterocycles. The fraction of sp³-hybridized carbons (Fsp3) is 0.333. The predicted molar refractivity (Wildman–Crippen MR) is 70.4 cm³/mol. The number of nitrogens with two attached hydrogens (primary N) is 1. The molecule has 1 aromatic heterocycles. The predicted octanol–water partition coefficient (Wildman–Crippen LogP) is 0.731. The van der Waals surface area contributed by atoms with E-state index in [1.807, 2.05) is 0 Å². The van der Waals surface area contributed by atoms with Crippen LogP contribution in [0.3, 0.4) is 0 Å². The topological polar surface area (TPSA) is 111 Å². The van der Waals surface area contributed by atoms with Gasteiger partial charge in [-0.3, -0.25) is 9.52 Å².